The summed E-state index contributed by atoms with van der Waals surface area (Å²) < 4.78 is 12.5. The summed E-state index contributed by atoms with van der Waals surface area (Å²) in [5, 5.41) is 7.72. The molecule has 0 aliphatic carbocycles. The molecule has 1 aromatic heterocycles. The van der Waals surface area contributed by atoms with Crippen LogP contribution < -0.4 is 0 Å². The van der Waals surface area contributed by atoms with Crippen LogP contribution in [0, 0.1) is 5.95 Å². The van der Waals surface area contributed by atoms with E-state index in [1.54, 1.807) is 12.1 Å². The van der Waals surface area contributed by atoms with E-state index in [2.05, 4.69) is 10.2 Å². The van der Waals surface area contributed by atoms with Crippen LogP contribution in [-0.2, 0) is 0 Å². The fraction of sp³-hybridized carbons (Fsp3) is 0. The first-order chi connectivity index (χ1) is 5.36. The Morgan fingerprint density at radius 3 is 2.82 bits per heavy atom. The van der Waals surface area contributed by atoms with Gasteiger partial charge in [-0.1, -0.05) is 18.2 Å². The first-order valence-electron chi connectivity index (χ1n) is 3.24. The van der Waals surface area contributed by atoms with Crippen molar-refractivity contribution < 1.29 is 4.39 Å². The van der Waals surface area contributed by atoms with E-state index >= 15 is 0 Å². The van der Waals surface area contributed by atoms with Crippen molar-refractivity contribution in [1.29, 1.82) is 0 Å². The highest BCUT2D eigenvalue weighted by molar-refractivity contribution is 5.77. The van der Waals surface area contributed by atoms with Gasteiger partial charge in [0.15, 0.2) is 0 Å². The zero-order valence-corrected chi connectivity index (χ0v) is 5.66. The molecule has 1 heterocycles. The Balaban J connectivity index is 2.83. The van der Waals surface area contributed by atoms with Crippen molar-refractivity contribution in [3.8, 4) is 0 Å². The highest BCUT2D eigenvalue weighted by atomic mass is 19.1. The Morgan fingerprint density at radius 2 is 1.91 bits per heavy atom. The molecule has 3 heteroatoms. The predicted octanol–water partition coefficient (Wildman–Crippen LogP) is 1.77. The molecule has 1 aromatic carbocycles. The minimum absolute atomic E-state index is 0.538. The molecule has 0 atom stereocenters. The van der Waals surface area contributed by atoms with Gasteiger partial charge in [-0.05, 0) is 6.07 Å². The second-order valence-corrected chi connectivity index (χ2v) is 2.23. The van der Waals surface area contributed by atoms with Gasteiger partial charge in [0, 0.05) is 11.5 Å². The van der Waals surface area contributed by atoms with E-state index in [0.29, 0.717) is 5.52 Å². The quantitative estimate of drug-likeness (QED) is 0.569. The summed E-state index contributed by atoms with van der Waals surface area (Å²) in [5.74, 6) is -0.538. The van der Waals surface area contributed by atoms with Crippen LogP contribution in [0.4, 0.5) is 4.39 Å². The van der Waals surface area contributed by atoms with Crippen molar-refractivity contribution in [3.63, 3.8) is 0 Å². The summed E-state index contributed by atoms with van der Waals surface area (Å²) in [4.78, 5) is 0. The molecule has 0 spiro atoms. The van der Waals surface area contributed by atoms with Gasteiger partial charge in [-0.25, -0.2) is 0 Å². The molecule has 0 N–H and O–H groups in total. The molecule has 0 aliphatic rings. The molecule has 0 radical (unpaired) electrons. The topological polar surface area (TPSA) is 25.8 Å². The first kappa shape index (κ1) is 6.22. The average Bonchev–Trinajstić information content (AvgIpc) is 2.04. The Hall–Kier alpha value is -1.51. The summed E-state index contributed by atoms with van der Waals surface area (Å²) >= 11 is 0. The van der Waals surface area contributed by atoms with Gasteiger partial charge in [-0.3, -0.25) is 0 Å². The second kappa shape index (κ2) is 2.27. The Morgan fingerprint density at radius 1 is 1.09 bits per heavy atom. The number of hydrogen-bond acceptors (Lipinski definition) is 2. The third kappa shape index (κ3) is 1.05. The number of hydrogen-bond donors (Lipinski definition) is 0. The summed E-state index contributed by atoms with van der Waals surface area (Å²) in [6, 6.07) is 8.63. The van der Waals surface area contributed by atoms with Gasteiger partial charge in [-0.15, -0.1) is 10.2 Å². The third-order valence-corrected chi connectivity index (χ3v) is 1.46. The SMILES string of the molecule is Fc1cc2ccccc2nn1. The monoisotopic (exact) mass is 148 g/mol. The van der Waals surface area contributed by atoms with Gasteiger partial charge >= 0.3 is 0 Å². The molecular formula is C8H5FN2. The van der Waals surface area contributed by atoms with Crippen LogP contribution in [0.25, 0.3) is 10.9 Å². The molecule has 0 saturated heterocycles. The van der Waals surface area contributed by atoms with E-state index in [1.165, 1.54) is 6.07 Å². The summed E-state index contributed by atoms with van der Waals surface area (Å²) in [7, 11) is 0. The molecule has 2 aromatic rings. The second-order valence-electron chi connectivity index (χ2n) is 2.23. The van der Waals surface area contributed by atoms with Crippen LogP contribution in [0.5, 0.6) is 0 Å². The number of halogens is 1. The highest BCUT2D eigenvalue weighted by Crippen LogP contribution is 2.09. The van der Waals surface area contributed by atoms with Crippen LogP contribution in [-0.4, -0.2) is 10.2 Å². The third-order valence-electron chi connectivity index (χ3n) is 1.46. The molecule has 0 unspecified atom stereocenters. The van der Waals surface area contributed by atoms with Gasteiger partial charge in [0.2, 0.25) is 5.95 Å². The van der Waals surface area contributed by atoms with Gasteiger partial charge < -0.3 is 0 Å². The van der Waals surface area contributed by atoms with Crippen molar-refractivity contribution >= 4 is 10.9 Å². The zero-order valence-electron chi connectivity index (χ0n) is 5.66. The normalized spacial score (nSPS) is 10.3. The number of nitrogens with zero attached hydrogens (tertiary/aromatic N) is 2. The van der Waals surface area contributed by atoms with E-state index in [0.717, 1.165) is 5.39 Å². The molecular weight excluding hydrogens is 143 g/mol. The fourth-order valence-electron chi connectivity index (χ4n) is 0.959. The summed E-state index contributed by atoms with van der Waals surface area (Å²) in [6.45, 7) is 0. The fourth-order valence-corrected chi connectivity index (χ4v) is 0.959. The van der Waals surface area contributed by atoms with Crippen LogP contribution >= 0.6 is 0 Å². The number of benzene rings is 1. The Kier molecular flexibility index (Phi) is 1.28. The number of fused-ring (bicyclic) bond motifs is 1. The molecule has 2 rings (SSSR count). The van der Waals surface area contributed by atoms with E-state index in [-0.39, 0.29) is 0 Å². The van der Waals surface area contributed by atoms with Crippen molar-refractivity contribution in [2.75, 3.05) is 0 Å². The Labute approximate surface area is 62.7 Å². The molecule has 0 bridgehead atoms. The van der Waals surface area contributed by atoms with E-state index in [4.69, 9.17) is 0 Å². The van der Waals surface area contributed by atoms with Gasteiger partial charge in [-0.2, -0.15) is 4.39 Å². The first-order valence-corrected chi connectivity index (χ1v) is 3.24. The lowest BCUT2D eigenvalue weighted by molar-refractivity contribution is 0.568. The van der Waals surface area contributed by atoms with E-state index < -0.39 is 5.95 Å². The molecule has 2 nitrogen and oxygen atoms in total. The van der Waals surface area contributed by atoms with Gasteiger partial charge in [0.25, 0.3) is 0 Å². The van der Waals surface area contributed by atoms with E-state index in [1.807, 2.05) is 12.1 Å². The molecule has 0 aliphatic heterocycles. The van der Waals surface area contributed by atoms with Crippen LogP contribution in [0.15, 0.2) is 30.3 Å². The number of rotatable bonds is 0. The van der Waals surface area contributed by atoms with Crippen molar-refractivity contribution in [2.45, 2.75) is 0 Å². The minimum atomic E-state index is -0.538. The molecule has 0 saturated carbocycles. The maximum absolute atomic E-state index is 12.5. The van der Waals surface area contributed by atoms with Crippen molar-refractivity contribution in [3.05, 3.63) is 36.3 Å². The van der Waals surface area contributed by atoms with Crippen LogP contribution in [0.3, 0.4) is 0 Å². The van der Waals surface area contributed by atoms with Crippen molar-refractivity contribution in [2.24, 2.45) is 0 Å². The number of aromatic nitrogens is 2. The molecule has 0 fully saturated rings. The highest BCUT2D eigenvalue weighted by Gasteiger charge is 1.95. The van der Waals surface area contributed by atoms with Crippen LogP contribution in [0.2, 0.25) is 0 Å². The van der Waals surface area contributed by atoms with Crippen LogP contribution in [0.1, 0.15) is 0 Å². The lowest BCUT2D eigenvalue weighted by Crippen LogP contribution is -1.86. The predicted molar refractivity (Wildman–Crippen MR) is 39.5 cm³/mol. The lowest BCUT2D eigenvalue weighted by Gasteiger charge is -1.92. The van der Waals surface area contributed by atoms with Gasteiger partial charge in [0.1, 0.15) is 0 Å². The Bertz CT molecular complexity index is 387. The standard InChI is InChI=1S/C8H5FN2/c9-8-5-6-3-1-2-4-7(6)10-11-8/h1-5H. The molecule has 54 valence electrons. The average molecular weight is 148 g/mol. The van der Waals surface area contributed by atoms with Gasteiger partial charge in [0.05, 0.1) is 5.52 Å². The summed E-state index contributed by atoms with van der Waals surface area (Å²) in [5.41, 5.74) is 0.717. The smallest absolute Gasteiger partial charge is 0.183 e. The maximum Gasteiger partial charge on any atom is 0.233 e. The maximum atomic E-state index is 12.5. The zero-order chi connectivity index (χ0) is 7.68. The van der Waals surface area contributed by atoms with Crippen molar-refractivity contribution in [1.82, 2.24) is 10.2 Å². The summed E-state index contributed by atoms with van der Waals surface area (Å²) in [6.07, 6.45) is 0. The largest absolute Gasteiger partial charge is 0.233 e. The minimum Gasteiger partial charge on any atom is -0.183 e. The molecule has 11 heavy (non-hydrogen) atoms. The lowest BCUT2D eigenvalue weighted by atomic mass is 10.2. The molecule has 0 amide bonds. The van der Waals surface area contributed by atoms with E-state index in [9.17, 15) is 4.39 Å².